The Kier molecular flexibility index (Phi) is 2.80. The average Bonchev–Trinajstić information content (AvgIpc) is 2.86. The van der Waals surface area contributed by atoms with Crippen molar-refractivity contribution in [2.75, 3.05) is 13.7 Å². The van der Waals surface area contributed by atoms with E-state index in [9.17, 15) is 0 Å². The van der Waals surface area contributed by atoms with Crippen LogP contribution in [0.3, 0.4) is 0 Å². The molecular formula is C14H17N3O. The van der Waals surface area contributed by atoms with Crippen LogP contribution in [0.1, 0.15) is 28.6 Å². The molecule has 0 radical (unpaired) electrons. The van der Waals surface area contributed by atoms with Gasteiger partial charge in [0.15, 0.2) is 0 Å². The number of nitrogens with zero attached hydrogens (tertiary/aromatic N) is 1. The molecule has 2 aromatic rings. The molecule has 1 aliphatic rings. The monoisotopic (exact) mass is 243 g/mol. The molecule has 2 N–H and O–H groups in total. The number of aryl methyl sites for hydroxylation is 1. The Hall–Kier alpha value is -1.81. The van der Waals surface area contributed by atoms with E-state index in [1.54, 1.807) is 13.4 Å². The highest BCUT2D eigenvalue weighted by Gasteiger charge is 2.25. The van der Waals surface area contributed by atoms with Gasteiger partial charge in [0.1, 0.15) is 5.75 Å². The van der Waals surface area contributed by atoms with Crippen molar-refractivity contribution in [1.29, 1.82) is 0 Å². The first-order valence-corrected chi connectivity index (χ1v) is 6.19. The number of aromatic nitrogens is 2. The van der Waals surface area contributed by atoms with Gasteiger partial charge in [-0.1, -0.05) is 12.1 Å². The van der Waals surface area contributed by atoms with Gasteiger partial charge >= 0.3 is 0 Å². The lowest BCUT2D eigenvalue weighted by atomic mass is 9.96. The molecule has 0 saturated heterocycles. The Bertz CT molecular complexity index is 562. The normalized spacial score (nSPS) is 18.4. The zero-order valence-electron chi connectivity index (χ0n) is 10.7. The fourth-order valence-corrected chi connectivity index (χ4v) is 2.53. The number of fused-ring (bicyclic) bond motifs is 1. The Morgan fingerprint density at radius 2 is 2.28 bits per heavy atom. The summed E-state index contributed by atoms with van der Waals surface area (Å²) in [5.74, 6) is 0.920. The van der Waals surface area contributed by atoms with Gasteiger partial charge in [0.25, 0.3) is 0 Å². The van der Waals surface area contributed by atoms with Crippen molar-refractivity contribution in [1.82, 2.24) is 15.3 Å². The summed E-state index contributed by atoms with van der Waals surface area (Å²) >= 11 is 0. The predicted octanol–water partition coefficient (Wildman–Crippen LogP) is 1.96. The summed E-state index contributed by atoms with van der Waals surface area (Å²) in [5, 5.41) is 3.51. The molecule has 1 aromatic carbocycles. The summed E-state index contributed by atoms with van der Waals surface area (Å²) in [6.07, 6.45) is 2.77. The van der Waals surface area contributed by atoms with Gasteiger partial charge in [-0.25, -0.2) is 4.98 Å². The summed E-state index contributed by atoms with van der Waals surface area (Å²) in [6.45, 7) is 3.03. The van der Waals surface area contributed by atoms with Gasteiger partial charge in [-0.3, -0.25) is 0 Å². The molecule has 1 unspecified atom stereocenters. The SMILES string of the molecule is COc1cc(C)ccc1C1NCCc2[nH]cnc21. The molecule has 18 heavy (non-hydrogen) atoms. The number of hydrogen-bond acceptors (Lipinski definition) is 3. The molecule has 0 bridgehead atoms. The standard InChI is InChI=1S/C14H17N3O/c1-9-3-4-10(12(7-9)18-2)13-14-11(5-6-15-13)16-8-17-14/h3-4,7-8,13,15H,5-6H2,1-2H3,(H,16,17). The average molecular weight is 243 g/mol. The maximum absolute atomic E-state index is 5.49. The van der Waals surface area contributed by atoms with E-state index in [-0.39, 0.29) is 6.04 Å². The molecule has 2 heterocycles. The Labute approximate surface area is 106 Å². The molecule has 3 rings (SSSR count). The molecule has 1 aliphatic heterocycles. The maximum Gasteiger partial charge on any atom is 0.124 e. The molecule has 0 aliphatic carbocycles. The number of benzene rings is 1. The van der Waals surface area contributed by atoms with Gasteiger partial charge in [0, 0.05) is 24.2 Å². The third-order valence-corrected chi connectivity index (χ3v) is 3.45. The van der Waals surface area contributed by atoms with Crippen molar-refractivity contribution in [3.05, 3.63) is 47.0 Å². The third-order valence-electron chi connectivity index (χ3n) is 3.45. The van der Waals surface area contributed by atoms with E-state index in [1.165, 1.54) is 11.3 Å². The Balaban J connectivity index is 2.07. The Morgan fingerprint density at radius 3 is 3.11 bits per heavy atom. The first kappa shape index (κ1) is 11.3. The fraction of sp³-hybridized carbons (Fsp3) is 0.357. The highest BCUT2D eigenvalue weighted by atomic mass is 16.5. The van der Waals surface area contributed by atoms with Gasteiger partial charge in [0.2, 0.25) is 0 Å². The molecule has 4 nitrogen and oxygen atoms in total. The van der Waals surface area contributed by atoms with E-state index < -0.39 is 0 Å². The summed E-state index contributed by atoms with van der Waals surface area (Å²) in [7, 11) is 1.71. The second kappa shape index (κ2) is 4.46. The maximum atomic E-state index is 5.49. The molecule has 4 heteroatoms. The minimum atomic E-state index is 0.121. The molecule has 0 amide bonds. The van der Waals surface area contributed by atoms with Crippen molar-refractivity contribution >= 4 is 0 Å². The number of nitrogens with one attached hydrogen (secondary N) is 2. The molecule has 0 fully saturated rings. The van der Waals surface area contributed by atoms with Crippen molar-refractivity contribution < 1.29 is 4.74 Å². The molecule has 1 aromatic heterocycles. The number of rotatable bonds is 2. The van der Waals surface area contributed by atoms with Crippen LogP contribution in [0.2, 0.25) is 0 Å². The molecule has 0 spiro atoms. The van der Waals surface area contributed by atoms with Gasteiger partial charge in [0.05, 0.1) is 25.2 Å². The van der Waals surface area contributed by atoms with Crippen LogP contribution in [-0.2, 0) is 6.42 Å². The number of ether oxygens (including phenoxy) is 1. The van der Waals surface area contributed by atoms with Crippen LogP contribution >= 0.6 is 0 Å². The lowest BCUT2D eigenvalue weighted by Gasteiger charge is -2.25. The van der Waals surface area contributed by atoms with Crippen LogP contribution in [0.25, 0.3) is 0 Å². The van der Waals surface area contributed by atoms with Crippen LogP contribution in [0.15, 0.2) is 24.5 Å². The van der Waals surface area contributed by atoms with Gasteiger partial charge in [-0.2, -0.15) is 0 Å². The first-order chi connectivity index (χ1) is 8.79. The summed E-state index contributed by atoms with van der Waals surface area (Å²) in [5.41, 5.74) is 4.66. The van der Waals surface area contributed by atoms with E-state index in [2.05, 4.69) is 40.4 Å². The number of methoxy groups -OCH3 is 1. The van der Waals surface area contributed by atoms with E-state index in [4.69, 9.17) is 4.74 Å². The van der Waals surface area contributed by atoms with Crippen molar-refractivity contribution in [2.24, 2.45) is 0 Å². The van der Waals surface area contributed by atoms with Crippen LogP contribution in [-0.4, -0.2) is 23.6 Å². The Morgan fingerprint density at radius 1 is 1.39 bits per heavy atom. The first-order valence-electron chi connectivity index (χ1n) is 6.19. The molecule has 1 atom stereocenters. The highest BCUT2D eigenvalue weighted by molar-refractivity contribution is 5.44. The van der Waals surface area contributed by atoms with Crippen molar-refractivity contribution in [2.45, 2.75) is 19.4 Å². The summed E-state index contributed by atoms with van der Waals surface area (Å²) in [4.78, 5) is 7.65. The fourth-order valence-electron chi connectivity index (χ4n) is 2.53. The van der Waals surface area contributed by atoms with Crippen LogP contribution in [0.4, 0.5) is 0 Å². The van der Waals surface area contributed by atoms with E-state index in [0.717, 1.165) is 30.0 Å². The second-order valence-corrected chi connectivity index (χ2v) is 4.65. The minimum Gasteiger partial charge on any atom is -0.496 e. The molecular weight excluding hydrogens is 226 g/mol. The van der Waals surface area contributed by atoms with Crippen LogP contribution in [0.5, 0.6) is 5.75 Å². The van der Waals surface area contributed by atoms with Gasteiger partial charge in [-0.15, -0.1) is 0 Å². The van der Waals surface area contributed by atoms with Crippen LogP contribution < -0.4 is 10.1 Å². The van der Waals surface area contributed by atoms with Crippen molar-refractivity contribution in [3.8, 4) is 5.75 Å². The zero-order chi connectivity index (χ0) is 12.5. The van der Waals surface area contributed by atoms with E-state index in [1.807, 2.05) is 0 Å². The quantitative estimate of drug-likeness (QED) is 0.847. The van der Waals surface area contributed by atoms with E-state index >= 15 is 0 Å². The smallest absolute Gasteiger partial charge is 0.124 e. The lowest BCUT2D eigenvalue weighted by molar-refractivity contribution is 0.401. The summed E-state index contributed by atoms with van der Waals surface area (Å²) < 4.78 is 5.49. The molecule has 0 saturated carbocycles. The number of hydrogen-bond donors (Lipinski definition) is 2. The largest absolute Gasteiger partial charge is 0.496 e. The number of aromatic amines is 1. The van der Waals surface area contributed by atoms with Crippen molar-refractivity contribution in [3.63, 3.8) is 0 Å². The predicted molar refractivity (Wildman–Crippen MR) is 69.9 cm³/mol. The van der Waals surface area contributed by atoms with Gasteiger partial charge in [-0.05, 0) is 18.6 Å². The second-order valence-electron chi connectivity index (χ2n) is 4.65. The third kappa shape index (κ3) is 1.78. The van der Waals surface area contributed by atoms with Crippen LogP contribution in [0, 0.1) is 6.92 Å². The number of H-pyrrole nitrogens is 1. The highest BCUT2D eigenvalue weighted by Crippen LogP contribution is 2.32. The summed E-state index contributed by atoms with van der Waals surface area (Å²) in [6, 6.07) is 6.42. The minimum absolute atomic E-state index is 0.121. The molecule has 94 valence electrons. The number of imidazole rings is 1. The van der Waals surface area contributed by atoms with Gasteiger partial charge < -0.3 is 15.0 Å². The van der Waals surface area contributed by atoms with E-state index in [0.29, 0.717) is 0 Å². The topological polar surface area (TPSA) is 49.9 Å². The lowest BCUT2D eigenvalue weighted by Crippen LogP contribution is -2.31. The zero-order valence-corrected chi connectivity index (χ0v) is 10.7.